The molecule has 7 nitrogen and oxygen atoms in total. The summed E-state index contributed by atoms with van der Waals surface area (Å²) in [5.41, 5.74) is 1.12. The molecule has 1 unspecified atom stereocenters. The maximum Gasteiger partial charge on any atom is 0.311 e. The highest BCUT2D eigenvalue weighted by molar-refractivity contribution is 7.13. The summed E-state index contributed by atoms with van der Waals surface area (Å²) in [5.74, 6) is -0.933. The third-order valence-electron chi connectivity index (χ3n) is 4.58. The molecular formula is C20H22ClN3O4S. The minimum absolute atomic E-state index is 0.0764. The van der Waals surface area contributed by atoms with Gasteiger partial charge in [-0.05, 0) is 44.0 Å². The summed E-state index contributed by atoms with van der Waals surface area (Å²) in [6.07, 6.45) is 1.54. The summed E-state index contributed by atoms with van der Waals surface area (Å²) in [6, 6.07) is 6.74. The van der Waals surface area contributed by atoms with E-state index >= 15 is 0 Å². The van der Waals surface area contributed by atoms with Crippen molar-refractivity contribution in [2.75, 3.05) is 25.0 Å². The quantitative estimate of drug-likeness (QED) is 0.702. The number of carbonyl (C=O) groups excluding carboxylic acids is 3. The molecule has 1 aromatic heterocycles. The number of ether oxygens (including phenoxy) is 1. The number of thiazole rings is 1. The summed E-state index contributed by atoms with van der Waals surface area (Å²) in [7, 11) is 0. The highest BCUT2D eigenvalue weighted by Crippen LogP contribution is 2.23. The van der Waals surface area contributed by atoms with Crippen molar-refractivity contribution < 1.29 is 19.1 Å². The van der Waals surface area contributed by atoms with E-state index in [9.17, 15) is 14.4 Å². The first-order chi connectivity index (χ1) is 14.0. The summed E-state index contributed by atoms with van der Waals surface area (Å²) >= 11 is 7.14. The molecule has 1 fully saturated rings. The Bertz CT molecular complexity index is 884. The van der Waals surface area contributed by atoms with Crippen LogP contribution in [0.1, 0.15) is 35.8 Å². The molecule has 9 heteroatoms. The number of likely N-dealkylation sites (tertiary alicyclic amines) is 1. The summed E-state index contributed by atoms with van der Waals surface area (Å²) in [6.45, 7) is 3.04. The van der Waals surface area contributed by atoms with Crippen LogP contribution in [0.15, 0.2) is 29.6 Å². The molecule has 1 aliphatic heterocycles. The van der Waals surface area contributed by atoms with Crippen molar-refractivity contribution in [2.24, 2.45) is 5.92 Å². The molecule has 2 heterocycles. The Morgan fingerprint density at radius 1 is 1.31 bits per heavy atom. The van der Waals surface area contributed by atoms with Crippen molar-refractivity contribution >= 4 is 45.9 Å². The molecule has 0 radical (unpaired) electrons. The molecule has 1 aromatic carbocycles. The zero-order chi connectivity index (χ0) is 20.8. The van der Waals surface area contributed by atoms with E-state index in [0.717, 1.165) is 6.42 Å². The van der Waals surface area contributed by atoms with Crippen LogP contribution in [0.3, 0.4) is 0 Å². The molecule has 29 heavy (non-hydrogen) atoms. The van der Waals surface area contributed by atoms with Crippen molar-refractivity contribution in [3.05, 3.63) is 45.9 Å². The Morgan fingerprint density at radius 3 is 2.79 bits per heavy atom. The first-order valence-corrected chi connectivity index (χ1v) is 10.7. The van der Waals surface area contributed by atoms with Crippen LogP contribution in [-0.2, 0) is 20.7 Å². The fraction of sp³-hybridized carbons (Fsp3) is 0.400. The number of benzene rings is 1. The van der Waals surface area contributed by atoms with Gasteiger partial charge in [0.05, 0.1) is 24.6 Å². The highest BCUT2D eigenvalue weighted by Gasteiger charge is 2.29. The SMILES string of the molecule is CCOC(=O)Cc1csc(NC(=O)C2CCCN(C(=O)c3ccc(Cl)cc3)C2)n1. The molecule has 0 saturated carbocycles. The maximum atomic E-state index is 12.7. The molecule has 0 bridgehead atoms. The van der Waals surface area contributed by atoms with Gasteiger partial charge in [0.25, 0.3) is 5.91 Å². The van der Waals surface area contributed by atoms with Crippen LogP contribution in [0.25, 0.3) is 0 Å². The van der Waals surface area contributed by atoms with Crippen molar-refractivity contribution in [1.82, 2.24) is 9.88 Å². The molecule has 0 spiro atoms. The van der Waals surface area contributed by atoms with Crippen LogP contribution in [0, 0.1) is 5.92 Å². The molecule has 1 N–H and O–H groups in total. The molecule has 1 atom stereocenters. The molecule has 2 amide bonds. The number of anilines is 1. The second-order valence-corrected chi connectivity index (χ2v) is 8.01. The number of aromatic nitrogens is 1. The Kier molecular flexibility index (Phi) is 7.22. The van der Waals surface area contributed by atoms with Gasteiger partial charge in [-0.3, -0.25) is 14.4 Å². The van der Waals surface area contributed by atoms with Crippen LogP contribution >= 0.6 is 22.9 Å². The van der Waals surface area contributed by atoms with Gasteiger partial charge in [-0.15, -0.1) is 11.3 Å². The standard InChI is InChI=1S/C20H22ClN3O4S/c1-2-28-17(25)10-16-12-29-20(22-16)23-18(26)14-4-3-9-24(11-14)19(27)13-5-7-15(21)8-6-13/h5-8,12,14H,2-4,9-11H2,1H3,(H,22,23,26). The number of nitrogens with zero attached hydrogens (tertiary/aromatic N) is 2. The third-order valence-corrected chi connectivity index (χ3v) is 5.64. The smallest absolute Gasteiger partial charge is 0.311 e. The van der Waals surface area contributed by atoms with Gasteiger partial charge in [-0.25, -0.2) is 4.98 Å². The van der Waals surface area contributed by atoms with Crippen molar-refractivity contribution in [1.29, 1.82) is 0 Å². The van der Waals surface area contributed by atoms with Crippen LogP contribution in [-0.4, -0.2) is 47.4 Å². The monoisotopic (exact) mass is 435 g/mol. The molecular weight excluding hydrogens is 414 g/mol. The lowest BCUT2D eigenvalue weighted by molar-refractivity contribution is -0.142. The van der Waals surface area contributed by atoms with E-state index in [0.29, 0.717) is 47.5 Å². The molecule has 1 aliphatic rings. The average molecular weight is 436 g/mol. The Hall–Kier alpha value is -2.45. The second kappa shape index (κ2) is 9.84. The normalized spacial score (nSPS) is 16.3. The number of esters is 1. The van der Waals surface area contributed by atoms with Gasteiger partial charge >= 0.3 is 5.97 Å². The van der Waals surface area contributed by atoms with E-state index in [-0.39, 0.29) is 30.1 Å². The molecule has 3 rings (SSSR count). The number of hydrogen-bond donors (Lipinski definition) is 1. The van der Waals surface area contributed by atoms with Crippen molar-refractivity contribution in [3.8, 4) is 0 Å². The number of nitrogens with one attached hydrogen (secondary N) is 1. The minimum Gasteiger partial charge on any atom is -0.466 e. The van der Waals surface area contributed by atoms with E-state index in [1.807, 2.05) is 0 Å². The van der Waals surface area contributed by atoms with Gasteiger partial charge in [-0.2, -0.15) is 0 Å². The summed E-state index contributed by atoms with van der Waals surface area (Å²) < 4.78 is 4.90. The number of amides is 2. The fourth-order valence-electron chi connectivity index (χ4n) is 3.16. The molecule has 0 aliphatic carbocycles. The Morgan fingerprint density at radius 2 is 2.07 bits per heavy atom. The van der Waals surface area contributed by atoms with Crippen LogP contribution in [0.5, 0.6) is 0 Å². The van der Waals surface area contributed by atoms with E-state index < -0.39 is 0 Å². The lowest BCUT2D eigenvalue weighted by Crippen LogP contribution is -2.43. The Balaban J connectivity index is 1.57. The number of carbonyl (C=O) groups is 3. The fourth-order valence-corrected chi connectivity index (χ4v) is 4.00. The van der Waals surface area contributed by atoms with E-state index in [2.05, 4.69) is 10.3 Å². The van der Waals surface area contributed by atoms with Gasteiger partial charge in [0.1, 0.15) is 0 Å². The van der Waals surface area contributed by atoms with Crippen molar-refractivity contribution in [3.63, 3.8) is 0 Å². The number of piperidine rings is 1. The molecule has 1 saturated heterocycles. The minimum atomic E-state index is -0.348. The van der Waals surface area contributed by atoms with Crippen LogP contribution in [0.2, 0.25) is 5.02 Å². The first-order valence-electron chi connectivity index (χ1n) is 9.42. The van der Waals surface area contributed by atoms with Gasteiger partial charge in [0, 0.05) is 29.1 Å². The maximum absolute atomic E-state index is 12.7. The topological polar surface area (TPSA) is 88.6 Å². The molecule has 154 valence electrons. The highest BCUT2D eigenvalue weighted by atomic mass is 35.5. The zero-order valence-corrected chi connectivity index (χ0v) is 17.6. The van der Waals surface area contributed by atoms with E-state index in [1.165, 1.54) is 11.3 Å². The predicted octanol–water partition coefficient (Wildman–Crippen LogP) is 3.39. The van der Waals surface area contributed by atoms with E-state index in [4.69, 9.17) is 16.3 Å². The van der Waals surface area contributed by atoms with Gasteiger partial charge in [0.2, 0.25) is 5.91 Å². The van der Waals surface area contributed by atoms with E-state index in [1.54, 1.807) is 41.5 Å². The summed E-state index contributed by atoms with van der Waals surface area (Å²) in [5, 5.41) is 5.54. The number of hydrogen-bond acceptors (Lipinski definition) is 6. The van der Waals surface area contributed by atoms with Gasteiger partial charge < -0.3 is 15.0 Å². The number of rotatable bonds is 6. The van der Waals surface area contributed by atoms with Crippen LogP contribution in [0.4, 0.5) is 5.13 Å². The average Bonchev–Trinajstić information content (AvgIpc) is 3.15. The van der Waals surface area contributed by atoms with Gasteiger partial charge in [-0.1, -0.05) is 11.6 Å². The lowest BCUT2D eigenvalue weighted by Gasteiger charge is -2.32. The lowest BCUT2D eigenvalue weighted by atomic mass is 9.96. The number of halogens is 1. The summed E-state index contributed by atoms with van der Waals surface area (Å²) in [4.78, 5) is 42.9. The second-order valence-electron chi connectivity index (χ2n) is 6.71. The zero-order valence-electron chi connectivity index (χ0n) is 16.0. The van der Waals surface area contributed by atoms with Crippen molar-refractivity contribution in [2.45, 2.75) is 26.2 Å². The Labute approximate surface area is 178 Å². The molecule has 2 aromatic rings. The third kappa shape index (κ3) is 5.77. The predicted molar refractivity (Wildman–Crippen MR) is 111 cm³/mol. The van der Waals surface area contributed by atoms with Gasteiger partial charge in [0.15, 0.2) is 5.13 Å². The largest absolute Gasteiger partial charge is 0.466 e. The first kappa shape index (κ1) is 21.3. The van der Waals surface area contributed by atoms with Crippen LogP contribution < -0.4 is 5.32 Å².